The van der Waals surface area contributed by atoms with E-state index in [0.717, 1.165) is 23.4 Å². The van der Waals surface area contributed by atoms with Crippen molar-refractivity contribution in [2.75, 3.05) is 19.4 Å². The van der Waals surface area contributed by atoms with Crippen LogP contribution in [0.15, 0.2) is 65.8 Å². The summed E-state index contributed by atoms with van der Waals surface area (Å²) >= 11 is 1.36. The van der Waals surface area contributed by atoms with Gasteiger partial charge < -0.3 is 10.1 Å². The topological polar surface area (TPSA) is 77.0 Å². The van der Waals surface area contributed by atoms with E-state index in [2.05, 4.69) is 20.5 Å². The van der Waals surface area contributed by atoms with E-state index in [4.69, 9.17) is 4.74 Å². The first-order valence-electron chi connectivity index (χ1n) is 8.52. The van der Waals surface area contributed by atoms with Gasteiger partial charge in [-0.25, -0.2) is 0 Å². The second kappa shape index (κ2) is 9.68. The maximum atomic E-state index is 12.0. The van der Waals surface area contributed by atoms with Gasteiger partial charge in [0.25, 0.3) is 0 Å². The highest BCUT2D eigenvalue weighted by Gasteiger charge is 2.06. The normalized spacial score (nSPS) is 10.4. The Labute approximate surface area is 162 Å². The minimum atomic E-state index is -0.0240. The smallest absolute Gasteiger partial charge is 0.230 e. The second-order valence-electron chi connectivity index (χ2n) is 5.71. The predicted octanol–water partition coefficient (Wildman–Crippen LogP) is 3.00. The lowest BCUT2D eigenvalue weighted by Crippen LogP contribution is -2.27. The number of nitrogens with one attached hydrogen (secondary N) is 1. The summed E-state index contributed by atoms with van der Waals surface area (Å²) < 4.78 is 5.13. The maximum Gasteiger partial charge on any atom is 0.230 e. The highest BCUT2D eigenvalue weighted by atomic mass is 32.2. The van der Waals surface area contributed by atoms with Crippen LogP contribution in [0.1, 0.15) is 5.56 Å². The van der Waals surface area contributed by atoms with Crippen molar-refractivity contribution in [1.29, 1.82) is 0 Å². The number of carbonyl (C=O) groups is 1. The number of aromatic nitrogens is 3. The number of rotatable bonds is 8. The van der Waals surface area contributed by atoms with Crippen molar-refractivity contribution >= 4 is 17.7 Å². The molecule has 0 saturated carbocycles. The molecule has 3 rings (SSSR count). The van der Waals surface area contributed by atoms with E-state index in [-0.39, 0.29) is 5.91 Å². The van der Waals surface area contributed by atoms with Crippen LogP contribution >= 0.6 is 11.8 Å². The number of benzene rings is 1. The summed E-state index contributed by atoms with van der Waals surface area (Å²) in [6.07, 6.45) is 2.49. The van der Waals surface area contributed by atoms with Crippen LogP contribution in [0.4, 0.5) is 0 Å². The largest absolute Gasteiger partial charge is 0.497 e. The molecular formula is C20H20N4O2S. The van der Waals surface area contributed by atoms with Crippen molar-refractivity contribution in [2.24, 2.45) is 0 Å². The van der Waals surface area contributed by atoms with Crippen molar-refractivity contribution in [1.82, 2.24) is 20.5 Å². The van der Waals surface area contributed by atoms with Gasteiger partial charge in [0, 0.05) is 12.7 Å². The fraction of sp³-hybridized carbons (Fsp3) is 0.200. The molecule has 138 valence electrons. The number of amides is 1. The monoisotopic (exact) mass is 380 g/mol. The average molecular weight is 380 g/mol. The highest BCUT2D eigenvalue weighted by molar-refractivity contribution is 7.99. The van der Waals surface area contributed by atoms with Gasteiger partial charge in [-0.2, -0.15) is 0 Å². The van der Waals surface area contributed by atoms with Crippen molar-refractivity contribution in [3.63, 3.8) is 0 Å². The van der Waals surface area contributed by atoms with E-state index in [1.165, 1.54) is 11.8 Å². The second-order valence-corrected chi connectivity index (χ2v) is 6.70. The number of pyridine rings is 1. The quantitative estimate of drug-likeness (QED) is 0.606. The molecule has 1 amide bonds. The molecule has 7 heteroatoms. The van der Waals surface area contributed by atoms with Gasteiger partial charge in [0.1, 0.15) is 16.5 Å². The summed E-state index contributed by atoms with van der Waals surface area (Å²) in [6.45, 7) is 0.593. The lowest BCUT2D eigenvalue weighted by molar-refractivity contribution is -0.118. The Bertz CT molecular complexity index is 855. The van der Waals surface area contributed by atoms with E-state index < -0.39 is 0 Å². The maximum absolute atomic E-state index is 12.0. The molecule has 6 nitrogen and oxygen atoms in total. The number of hydrogen-bond donors (Lipinski definition) is 1. The SMILES string of the molecule is COc1ccc(CCNC(=O)CSc2ccc(-c3ccccn3)nn2)cc1. The zero-order valence-electron chi connectivity index (χ0n) is 15.0. The lowest BCUT2D eigenvalue weighted by atomic mass is 10.1. The molecule has 1 N–H and O–H groups in total. The number of methoxy groups -OCH3 is 1. The van der Waals surface area contributed by atoms with E-state index in [1.807, 2.05) is 54.6 Å². The van der Waals surface area contributed by atoms with Gasteiger partial charge in [-0.15, -0.1) is 10.2 Å². The third-order valence-corrected chi connectivity index (χ3v) is 4.73. The van der Waals surface area contributed by atoms with Crippen molar-refractivity contribution in [2.45, 2.75) is 11.4 Å². The van der Waals surface area contributed by atoms with E-state index in [1.54, 1.807) is 13.3 Å². The standard InChI is InChI=1S/C20H20N4O2S/c1-26-16-7-5-15(6-8-16)11-13-22-19(25)14-27-20-10-9-18(23-24-20)17-4-2-3-12-21-17/h2-10,12H,11,13-14H2,1H3,(H,22,25). The molecule has 2 aromatic heterocycles. The zero-order valence-corrected chi connectivity index (χ0v) is 15.8. The first-order chi connectivity index (χ1) is 13.2. The molecule has 0 aliphatic carbocycles. The molecule has 0 fully saturated rings. The number of hydrogen-bond acceptors (Lipinski definition) is 6. The van der Waals surface area contributed by atoms with Crippen LogP contribution in [0.5, 0.6) is 5.75 Å². The third kappa shape index (κ3) is 5.79. The summed E-state index contributed by atoms with van der Waals surface area (Å²) in [6, 6.07) is 17.2. The minimum absolute atomic E-state index is 0.0240. The molecule has 0 unspecified atom stereocenters. The number of carbonyl (C=O) groups excluding carboxylic acids is 1. The third-order valence-electron chi connectivity index (χ3n) is 3.81. The first-order valence-corrected chi connectivity index (χ1v) is 9.51. The van der Waals surface area contributed by atoms with Gasteiger partial charge in [-0.1, -0.05) is 30.0 Å². The minimum Gasteiger partial charge on any atom is -0.497 e. The number of nitrogens with zero attached hydrogens (tertiary/aromatic N) is 3. The van der Waals surface area contributed by atoms with Crippen molar-refractivity contribution in [3.05, 3.63) is 66.4 Å². The summed E-state index contributed by atoms with van der Waals surface area (Å²) in [7, 11) is 1.64. The fourth-order valence-corrected chi connectivity index (χ4v) is 3.02. The molecule has 0 spiro atoms. The van der Waals surface area contributed by atoms with Gasteiger partial charge in [-0.3, -0.25) is 9.78 Å². The van der Waals surface area contributed by atoms with Crippen LogP contribution in [0.2, 0.25) is 0 Å². The molecule has 2 heterocycles. The Morgan fingerprint density at radius 2 is 1.89 bits per heavy atom. The Hall–Kier alpha value is -2.93. The van der Waals surface area contributed by atoms with Crippen LogP contribution in [-0.4, -0.2) is 40.5 Å². The predicted molar refractivity (Wildman–Crippen MR) is 106 cm³/mol. The molecule has 0 aliphatic rings. The van der Waals surface area contributed by atoms with Crippen LogP contribution in [0, 0.1) is 0 Å². The summed E-state index contributed by atoms with van der Waals surface area (Å²) in [5.41, 5.74) is 2.64. The fourth-order valence-electron chi connectivity index (χ4n) is 2.38. The molecular weight excluding hydrogens is 360 g/mol. The first kappa shape index (κ1) is 18.8. The molecule has 0 atom stereocenters. The zero-order chi connectivity index (χ0) is 18.9. The molecule has 0 aliphatic heterocycles. The Morgan fingerprint density at radius 1 is 1.04 bits per heavy atom. The van der Waals surface area contributed by atoms with Crippen LogP contribution in [-0.2, 0) is 11.2 Å². The van der Waals surface area contributed by atoms with Gasteiger partial charge in [0.05, 0.1) is 18.6 Å². The van der Waals surface area contributed by atoms with Crippen LogP contribution in [0.3, 0.4) is 0 Å². The van der Waals surface area contributed by atoms with E-state index in [9.17, 15) is 4.79 Å². The van der Waals surface area contributed by atoms with Gasteiger partial charge in [-0.05, 0) is 48.4 Å². The van der Waals surface area contributed by atoms with Crippen molar-refractivity contribution in [3.8, 4) is 17.1 Å². The van der Waals surface area contributed by atoms with E-state index in [0.29, 0.717) is 23.0 Å². The molecule has 27 heavy (non-hydrogen) atoms. The highest BCUT2D eigenvalue weighted by Crippen LogP contribution is 2.18. The number of thioether (sulfide) groups is 1. The molecule has 3 aromatic rings. The molecule has 0 saturated heterocycles. The average Bonchev–Trinajstić information content (AvgIpc) is 2.74. The van der Waals surface area contributed by atoms with Crippen LogP contribution in [0.25, 0.3) is 11.4 Å². The van der Waals surface area contributed by atoms with Crippen molar-refractivity contribution < 1.29 is 9.53 Å². The number of ether oxygens (including phenoxy) is 1. The van der Waals surface area contributed by atoms with E-state index >= 15 is 0 Å². The molecule has 0 bridgehead atoms. The summed E-state index contributed by atoms with van der Waals surface area (Å²) in [5, 5.41) is 11.9. The van der Waals surface area contributed by atoms with Gasteiger partial charge in [0.15, 0.2) is 0 Å². The Balaban J connectivity index is 1.41. The summed E-state index contributed by atoms with van der Waals surface area (Å²) in [4.78, 5) is 16.2. The lowest BCUT2D eigenvalue weighted by Gasteiger charge is -2.06. The molecule has 0 radical (unpaired) electrons. The van der Waals surface area contributed by atoms with Gasteiger partial charge in [0.2, 0.25) is 5.91 Å². The summed E-state index contributed by atoms with van der Waals surface area (Å²) in [5.74, 6) is 1.11. The Kier molecular flexibility index (Phi) is 6.76. The molecule has 1 aromatic carbocycles. The Morgan fingerprint density at radius 3 is 2.56 bits per heavy atom. The van der Waals surface area contributed by atoms with Crippen LogP contribution < -0.4 is 10.1 Å². The van der Waals surface area contributed by atoms with Gasteiger partial charge >= 0.3 is 0 Å².